The van der Waals surface area contributed by atoms with Crippen molar-refractivity contribution in [2.45, 2.75) is 45.6 Å². The molecule has 2 fully saturated rings. The molecule has 0 aliphatic carbocycles. The number of amides is 3. The monoisotopic (exact) mass is 343 g/mol. The lowest BCUT2D eigenvalue weighted by atomic mass is 9.99. The van der Waals surface area contributed by atoms with Crippen molar-refractivity contribution in [3.63, 3.8) is 0 Å². The summed E-state index contributed by atoms with van der Waals surface area (Å²) in [4.78, 5) is 39.9. The summed E-state index contributed by atoms with van der Waals surface area (Å²) in [6.07, 6.45) is 3.53. The Hall–Kier alpha value is -2.37. The molecule has 1 aromatic carbocycles. The second-order valence-electron chi connectivity index (χ2n) is 7.01. The smallest absolute Gasteiger partial charge is 0.228 e. The van der Waals surface area contributed by atoms with Crippen molar-refractivity contribution in [2.24, 2.45) is 5.92 Å². The van der Waals surface area contributed by atoms with E-state index in [1.165, 1.54) is 13.3 Å². The van der Waals surface area contributed by atoms with Crippen LogP contribution in [0.15, 0.2) is 24.3 Å². The minimum Gasteiger partial charge on any atom is -0.340 e. The van der Waals surface area contributed by atoms with E-state index in [9.17, 15) is 14.4 Å². The predicted octanol–water partition coefficient (Wildman–Crippen LogP) is 2.40. The van der Waals surface area contributed by atoms with Gasteiger partial charge in [0.25, 0.3) is 0 Å². The Morgan fingerprint density at radius 1 is 1.16 bits per heavy atom. The van der Waals surface area contributed by atoms with E-state index in [-0.39, 0.29) is 36.1 Å². The van der Waals surface area contributed by atoms with E-state index in [2.05, 4.69) is 12.2 Å². The third-order valence-electron chi connectivity index (χ3n) is 5.06. The molecule has 1 N–H and O–H groups in total. The molecule has 0 radical (unpaired) electrons. The van der Waals surface area contributed by atoms with Crippen LogP contribution in [0.5, 0.6) is 0 Å². The van der Waals surface area contributed by atoms with Crippen LogP contribution in [-0.4, -0.2) is 41.8 Å². The maximum absolute atomic E-state index is 12.8. The highest BCUT2D eigenvalue weighted by atomic mass is 16.2. The summed E-state index contributed by atoms with van der Waals surface area (Å²) in [7, 11) is 0. The zero-order chi connectivity index (χ0) is 18.0. The van der Waals surface area contributed by atoms with Gasteiger partial charge in [-0.15, -0.1) is 0 Å². The van der Waals surface area contributed by atoms with Crippen molar-refractivity contribution >= 4 is 29.1 Å². The normalized spacial score (nSPS) is 23.7. The molecule has 25 heavy (non-hydrogen) atoms. The van der Waals surface area contributed by atoms with Gasteiger partial charge in [-0.05, 0) is 50.5 Å². The van der Waals surface area contributed by atoms with Gasteiger partial charge in [-0.2, -0.15) is 0 Å². The lowest BCUT2D eigenvalue weighted by Gasteiger charge is -2.35. The Labute approximate surface area is 148 Å². The van der Waals surface area contributed by atoms with Crippen LogP contribution in [0.2, 0.25) is 0 Å². The highest BCUT2D eigenvalue weighted by Gasteiger charge is 2.38. The molecule has 1 aromatic rings. The highest BCUT2D eigenvalue weighted by Crippen LogP contribution is 2.29. The van der Waals surface area contributed by atoms with Gasteiger partial charge in [0, 0.05) is 43.9 Å². The number of piperidine rings is 1. The highest BCUT2D eigenvalue weighted by molar-refractivity contribution is 6.00. The van der Waals surface area contributed by atoms with E-state index in [0.717, 1.165) is 25.1 Å². The van der Waals surface area contributed by atoms with Gasteiger partial charge in [0.1, 0.15) is 0 Å². The summed E-state index contributed by atoms with van der Waals surface area (Å²) >= 11 is 0. The number of rotatable bonds is 3. The van der Waals surface area contributed by atoms with E-state index in [0.29, 0.717) is 12.2 Å². The molecule has 0 spiro atoms. The number of anilines is 2. The predicted molar refractivity (Wildman–Crippen MR) is 96.2 cm³/mol. The van der Waals surface area contributed by atoms with Crippen molar-refractivity contribution in [3.8, 4) is 0 Å². The Morgan fingerprint density at radius 2 is 1.88 bits per heavy atom. The summed E-state index contributed by atoms with van der Waals surface area (Å²) in [6.45, 7) is 4.78. The van der Waals surface area contributed by atoms with Gasteiger partial charge in [-0.25, -0.2) is 0 Å². The molecule has 3 amide bonds. The molecular weight excluding hydrogens is 318 g/mol. The molecule has 2 aliphatic heterocycles. The Bertz CT molecular complexity index is 671. The van der Waals surface area contributed by atoms with E-state index < -0.39 is 0 Å². The molecule has 2 atom stereocenters. The molecule has 0 saturated carbocycles. The Balaban J connectivity index is 1.67. The fourth-order valence-electron chi connectivity index (χ4n) is 3.71. The largest absolute Gasteiger partial charge is 0.340 e. The number of benzene rings is 1. The van der Waals surface area contributed by atoms with Gasteiger partial charge in [0.2, 0.25) is 17.7 Å². The number of nitrogens with zero attached hydrogens (tertiary/aromatic N) is 2. The minimum atomic E-state index is -0.261. The first-order valence-electron chi connectivity index (χ1n) is 8.94. The average molecular weight is 343 g/mol. The maximum Gasteiger partial charge on any atom is 0.228 e. The molecule has 134 valence electrons. The first-order chi connectivity index (χ1) is 12.0. The fraction of sp³-hybridized carbons (Fsp3) is 0.526. The van der Waals surface area contributed by atoms with E-state index in [4.69, 9.17) is 0 Å². The van der Waals surface area contributed by atoms with Crippen LogP contribution in [0.3, 0.4) is 0 Å². The molecule has 2 saturated heterocycles. The SMILES string of the molecule is CC(=O)Nc1ccc(N2C[C@@H](C(=O)N3CCCC[C@H]3C)CC2=O)cc1. The van der Waals surface area contributed by atoms with Crippen LogP contribution in [0, 0.1) is 5.92 Å². The van der Waals surface area contributed by atoms with Crippen LogP contribution < -0.4 is 10.2 Å². The van der Waals surface area contributed by atoms with Gasteiger partial charge in [-0.3, -0.25) is 14.4 Å². The average Bonchev–Trinajstić information content (AvgIpc) is 2.97. The molecule has 2 aliphatic rings. The lowest BCUT2D eigenvalue weighted by Crippen LogP contribution is -2.45. The lowest BCUT2D eigenvalue weighted by molar-refractivity contribution is -0.139. The van der Waals surface area contributed by atoms with E-state index in [1.807, 2.05) is 4.90 Å². The summed E-state index contributed by atoms with van der Waals surface area (Å²) in [5, 5.41) is 2.71. The van der Waals surface area contributed by atoms with Crippen molar-refractivity contribution in [2.75, 3.05) is 23.3 Å². The number of likely N-dealkylation sites (tertiary alicyclic amines) is 1. The zero-order valence-electron chi connectivity index (χ0n) is 14.8. The van der Waals surface area contributed by atoms with Crippen molar-refractivity contribution in [3.05, 3.63) is 24.3 Å². The summed E-state index contributed by atoms with van der Waals surface area (Å²) in [6, 6.07) is 7.42. The number of nitrogens with one attached hydrogen (secondary N) is 1. The summed E-state index contributed by atoms with van der Waals surface area (Å²) in [5.74, 6) is -0.303. The third-order valence-corrected chi connectivity index (χ3v) is 5.06. The van der Waals surface area contributed by atoms with Crippen LogP contribution in [0.1, 0.15) is 39.5 Å². The van der Waals surface area contributed by atoms with Gasteiger partial charge >= 0.3 is 0 Å². The number of carbonyl (C=O) groups is 3. The first kappa shape index (κ1) is 17.5. The standard InChI is InChI=1S/C19H25N3O3/c1-13-5-3-4-10-21(13)19(25)15-11-18(24)22(12-15)17-8-6-16(7-9-17)20-14(2)23/h6-9,13,15H,3-5,10-12H2,1-2H3,(H,20,23)/t13-,15+/m1/s1. The molecule has 0 unspecified atom stereocenters. The maximum atomic E-state index is 12.8. The Kier molecular flexibility index (Phi) is 5.06. The topological polar surface area (TPSA) is 69.7 Å². The van der Waals surface area contributed by atoms with Gasteiger partial charge in [0.05, 0.1) is 5.92 Å². The molecule has 0 aromatic heterocycles. The van der Waals surface area contributed by atoms with Gasteiger partial charge in [-0.1, -0.05) is 0 Å². The number of hydrogen-bond acceptors (Lipinski definition) is 3. The summed E-state index contributed by atoms with van der Waals surface area (Å²) in [5.41, 5.74) is 1.46. The molecule has 6 nitrogen and oxygen atoms in total. The molecular formula is C19H25N3O3. The second kappa shape index (κ2) is 7.25. The van der Waals surface area contributed by atoms with Crippen molar-refractivity contribution in [1.82, 2.24) is 4.90 Å². The zero-order valence-corrected chi connectivity index (χ0v) is 14.8. The minimum absolute atomic E-state index is 0.0183. The molecule has 0 bridgehead atoms. The van der Waals surface area contributed by atoms with Crippen LogP contribution >= 0.6 is 0 Å². The van der Waals surface area contributed by atoms with Gasteiger partial charge < -0.3 is 15.1 Å². The van der Waals surface area contributed by atoms with E-state index in [1.54, 1.807) is 29.2 Å². The van der Waals surface area contributed by atoms with Crippen LogP contribution in [0.4, 0.5) is 11.4 Å². The van der Waals surface area contributed by atoms with Crippen molar-refractivity contribution in [1.29, 1.82) is 0 Å². The fourth-order valence-corrected chi connectivity index (χ4v) is 3.71. The number of carbonyl (C=O) groups excluding carboxylic acids is 3. The van der Waals surface area contributed by atoms with Crippen LogP contribution in [0.25, 0.3) is 0 Å². The second-order valence-corrected chi connectivity index (χ2v) is 7.01. The molecule has 6 heteroatoms. The third kappa shape index (κ3) is 3.83. The Morgan fingerprint density at radius 3 is 2.52 bits per heavy atom. The molecule has 3 rings (SSSR count). The van der Waals surface area contributed by atoms with E-state index >= 15 is 0 Å². The van der Waals surface area contributed by atoms with Crippen LogP contribution in [-0.2, 0) is 14.4 Å². The van der Waals surface area contributed by atoms with Gasteiger partial charge in [0.15, 0.2) is 0 Å². The quantitative estimate of drug-likeness (QED) is 0.916. The molecule has 2 heterocycles. The summed E-state index contributed by atoms with van der Waals surface area (Å²) < 4.78 is 0. The first-order valence-corrected chi connectivity index (χ1v) is 8.94. The number of hydrogen-bond donors (Lipinski definition) is 1. The van der Waals surface area contributed by atoms with Crippen molar-refractivity contribution < 1.29 is 14.4 Å².